The van der Waals surface area contributed by atoms with Crippen molar-refractivity contribution < 1.29 is 24.3 Å². The van der Waals surface area contributed by atoms with Crippen molar-refractivity contribution in [1.29, 1.82) is 0 Å². The molecule has 2 aromatic rings. The molecule has 0 bridgehead atoms. The van der Waals surface area contributed by atoms with Crippen molar-refractivity contribution in [2.45, 2.75) is 13.5 Å². The highest BCUT2D eigenvalue weighted by Crippen LogP contribution is 2.39. The molecule has 0 radical (unpaired) electrons. The minimum absolute atomic E-state index is 0.0757. The van der Waals surface area contributed by atoms with E-state index >= 15 is 0 Å². The average Bonchev–Trinajstić information content (AvgIpc) is 3.06. The fourth-order valence-electron chi connectivity index (χ4n) is 4.03. The molecule has 7 heteroatoms. The largest absolute Gasteiger partial charge is 0.872 e. The number of rotatable bonds is 5. The quantitative estimate of drug-likeness (QED) is 0.672. The van der Waals surface area contributed by atoms with Gasteiger partial charge in [0.2, 0.25) is 5.78 Å². The zero-order valence-electron chi connectivity index (χ0n) is 17.2. The first-order chi connectivity index (χ1) is 14.5. The van der Waals surface area contributed by atoms with Crippen molar-refractivity contribution >= 4 is 27.8 Å². The third-order valence-corrected chi connectivity index (χ3v) is 6.31. The summed E-state index contributed by atoms with van der Waals surface area (Å²) >= 11 is 3.45. The van der Waals surface area contributed by atoms with Gasteiger partial charge in [-0.25, -0.2) is 0 Å². The predicted molar refractivity (Wildman–Crippen MR) is 116 cm³/mol. The fraction of sp³-hybridized carbons (Fsp3) is 0.348. The Labute approximate surface area is 184 Å². The van der Waals surface area contributed by atoms with Crippen LogP contribution >= 0.6 is 15.9 Å². The number of halogens is 1. The number of quaternary nitrogens is 1. The van der Waals surface area contributed by atoms with Crippen LogP contribution in [0.15, 0.2) is 40.6 Å². The Balaban J connectivity index is 1.62. The van der Waals surface area contributed by atoms with Crippen LogP contribution < -0.4 is 19.5 Å². The molecular weight excluding hydrogens is 448 g/mol. The summed E-state index contributed by atoms with van der Waals surface area (Å²) in [5.74, 6) is 0.977. The Morgan fingerprint density at radius 3 is 2.73 bits per heavy atom. The zero-order valence-corrected chi connectivity index (χ0v) is 18.8. The van der Waals surface area contributed by atoms with Gasteiger partial charge in [-0.05, 0) is 36.9 Å². The average molecular weight is 473 g/mol. The van der Waals surface area contributed by atoms with Crippen LogP contribution in [0.3, 0.4) is 0 Å². The van der Waals surface area contributed by atoms with Gasteiger partial charge in [0, 0.05) is 28.7 Å². The van der Waals surface area contributed by atoms with Gasteiger partial charge in [0.05, 0.1) is 25.8 Å². The fourth-order valence-corrected chi connectivity index (χ4v) is 4.41. The van der Waals surface area contributed by atoms with Gasteiger partial charge in [0.15, 0.2) is 5.76 Å². The summed E-state index contributed by atoms with van der Waals surface area (Å²) in [6.07, 6.45) is 1.67. The molecule has 158 valence electrons. The van der Waals surface area contributed by atoms with Crippen molar-refractivity contribution in [3.8, 4) is 17.2 Å². The number of Topliss-reactive ketones (excluding diaryl/α,β-unsaturated/α-hetero) is 1. The lowest BCUT2D eigenvalue weighted by atomic mass is 10.0. The van der Waals surface area contributed by atoms with Crippen LogP contribution in [-0.2, 0) is 6.54 Å². The molecule has 6 nitrogen and oxygen atoms in total. The normalized spacial score (nSPS) is 18.5. The van der Waals surface area contributed by atoms with Gasteiger partial charge in [-0.2, -0.15) is 0 Å². The molecule has 1 N–H and O–H groups in total. The van der Waals surface area contributed by atoms with Gasteiger partial charge in [-0.1, -0.05) is 34.7 Å². The molecule has 2 aliphatic rings. The first-order valence-electron chi connectivity index (χ1n) is 10.2. The molecule has 0 aliphatic carbocycles. The van der Waals surface area contributed by atoms with E-state index in [0.717, 1.165) is 42.8 Å². The van der Waals surface area contributed by atoms with Gasteiger partial charge < -0.3 is 19.5 Å². The molecule has 30 heavy (non-hydrogen) atoms. The number of ether oxygens (including phenoxy) is 2. The second-order valence-electron chi connectivity index (χ2n) is 7.61. The molecule has 0 saturated carbocycles. The number of carbonyl (C=O) groups is 1. The topological polar surface area (TPSA) is 66.3 Å². The van der Waals surface area contributed by atoms with Crippen LogP contribution in [0.25, 0.3) is 6.08 Å². The number of ketones is 1. The third-order valence-electron chi connectivity index (χ3n) is 5.81. The van der Waals surface area contributed by atoms with Crippen molar-refractivity contribution in [3.05, 3.63) is 57.3 Å². The Morgan fingerprint density at radius 1 is 1.27 bits per heavy atom. The molecule has 2 aromatic carbocycles. The second-order valence-corrected chi connectivity index (χ2v) is 8.52. The summed E-state index contributed by atoms with van der Waals surface area (Å²) in [6, 6.07) is 8.62. The maximum atomic E-state index is 13.0. The smallest absolute Gasteiger partial charge is 0.231 e. The Bertz CT molecular complexity index is 997. The number of allylic oxidation sites excluding steroid dienone is 1. The van der Waals surface area contributed by atoms with Gasteiger partial charge in [-0.15, -0.1) is 0 Å². The molecule has 0 unspecified atom stereocenters. The number of piperazine rings is 1. The van der Waals surface area contributed by atoms with E-state index in [-0.39, 0.29) is 17.3 Å². The molecule has 2 heterocycles. The number of likely N-dealkylation sites (N-methyl/N-ethyl adjacent to an activating group) is 1. The summed E-state index contributed by atoms with van der Waals surface area (Å²) in [5.41, 5.74) is 1.77. The Kier molecular flexibility index (Phi) is 6.13. The molecule has 1 saturated heterocycles. The van der Waals surface area contributed by atoms with Gasteiger partial charge in [-0.3, -0.25) is 9.69 Å². The lowest BCUT2D eigenvalue weighted by Crippen LogP contribution is -3.13. The predicted octanol–water partition coefficient (Wildman–Crippen LogP) is 1.87. The first-order valence-corrected chi connectivity index (χ1v) is 11.0. The molecule has 0 aromatic heterocycles. The minimum atomic E-state index is -0.209. The number of hydrogen-bond donors (Lipinski definition) is 1. The maximum absolute atomic E-state index is 13.0. The van der Waals surface area contributed by atoms with E-state index in [4.69, 9.17) is 9.47 Å². The second kappa shape index (κ2) is 8.79. The number of hydrogen-bond acceptors (Lipinski definition) is 5. The number of methoxy groups -OCH3 is 1. The van der Waals surface area contributed by atoms with E-state index in [2.05, 4.69) is 27.8 Å². The van der Waals surface area contributed by atoms with Crippen LogP contribution in [-0.4, -0.2) is 50.5 Å². The highest BCUT2D eigenvalue weighted by molar-refractivity contribution is 9.10. The van der Waals surface area contributed by atoms with Crippen molar-refractivity contribution in [3.63, 3.8) is 0 Å². The van der Waals surface area contributed by atoms with Gasteiger partial charge in [0.1, 0.15) is 18.0 Å². The number of benzene rings is 2. The number of nitrogens with zero attached hydrogens (tertiary/aromatic N) is 1. The summed E-state index contributed by atoms with van der Waals surface area (Å²) < 4.78 is 12.2. The molecule has 0 amide bonds. The molecule has 0 atom stereocenters. The summed E-state index contributed by atoms with van der Waals surface area (Å²) in [5, 5.41) is 12.6. The Hall–Kier alpha value is -2.35. The molecular formula is C23H25BrN2O4. The van der Waals surface area contributed by atoms with Gasteiger partial charge in [0.25, 0.3) is 0 Å². The van der Waals surface area contributed by atoms with E-state index in [9.17, 15) is 9.90 Å². The number of carbonyl (C=O) groups excluding carboxylic acids is 1. The lowest BCUT2D eigenvalue weighted by Gasteiger charge is -2.32. The molecule has 2 aliphatic heterocycles. The van der Waals surface area contributed by atoms with Crippen molar-refractivity contribution in [1.82, 2.24) is 4.90 Å². The molecule has 4 rings (SSSR count). The van der Waals surface area contributed by atoms with Gasteiger partial charge >= 0.3 is 0 Å². The SMILES string of the molecule is CCN1CC[NH+](Cc2c([O-])ccc3c2O/C(=C\c2cc(Br)ccc2OC)C3=O)CC1. The van der Waals surface area contributed by atoms with E-state index < -0.39 is 0 Å². The summed E-state index contributed by atoms with van der Waals surface area (Å²) in [6.45, 7) is 7.77. The zero-order chi connectivity index (χ0) is 21.3. The van der Waals surface area contributed by atoms with E-state index in [0.29, 0.717) is 29.2 Å². The lowest BCUT2D eigenvalue weighted by molar-refractivity contribution is -0.918. The minimum Gasteiger partial charge on any atom is -0.872 e. The highest BCUT2D eigenvalue weighted by Gasteiger charge is 2.32. The van der Waals surface area contributed by atoms with Crippen molar-refractivity contribution in [2.75, 3.05) is 39.8 Å². The molecule has 0 spiro atoms. The Morgan fingerprint density at radius 2 is 2.03 bits per heavy atom. The monoisotopic (exact) mass is 472 g/mol. The van der Waals surface area contributed by atoms with Crippen LogP contribution in [0, 0.1) is 0 Å². The van der Waals surface area contributed by atoms with Crippen LogP contribution in [0.5, 0.6) is 17.2 Å². The number of nitrogens with one attached hydrogen (secondary N) is 1. The van der Waals surface area contributed by atoms with E-state index in [1.165, 1.54) is 11.0 Å². The summed E-state index contributed by atoms with van der Waals surface area (Å²) in [4.78, 5) is 16.7. The van der Waals surface area contributed by atoms with Crippen molar-refractivity contribution in [2.24, 2.45) is 0 Å². The van der Waals surface area contributed by atoms with Crippen LogP contribution in [0.1, 0.15) is 28.4 Å². The maximum Gasteiger partial charge on any atom is 0.231 e. The van der Waals surface area contributed by atoms with E-state index in [1.54, 1.807) is 19.3 Å². The first kappa shape index (κ1) is 20.9. The van der Waals surface area contributed by atoms with Crippen LogP contribution in [0.2, 0.25) is 0 Å². The number of fused-ring (bicyclic) bond motifs is 1. The third kappa shape index (κ3) is 4.10. The van der Waals surface area contributed by atoms with E-state index in [1.807, 2.05) is 18.2 Å². The molecule has 1 fully saturated rings. The summed E-state index contributed by atoms with van der Waals surface area (Å²) in [7, 11) is 1.58. The standard InChI is InChI=1S/C23H25BrN2O4/c1-3-25-8-10-26(11-9-25)14-18-19(27)6-5-17-22(28)21(30-23(17)18)13-15-12-16(24)4-7-20(15)29-2/h4-7,12-13,27H,3,8-11,14H2,1-2H3/b21-13-. The highest BCUT2D eigenvalue weighted by atomic mass is 79.9. The van der Waals surface area contributed by atoms with Crippen LogP contribution in [0.4, 0.5) is 0 Å².